The van der Waals surface area contributed by atoms with Crippen molar-refractivity contribution >= 4 is 23.5 Å². The molecule has 0 bridgehead atoms. The van der Waals surface area contributed by atoms with E-state index < -0.39 is 0 Å². The second kappa shape index (κ2) is 3.67. The molecule has 0 spiro atoms. The molecule has 76 valence electrons. The van der Waals surface area contributed by atoms with E-state index in [1.54, 1.807) is 0 Å². The largest absolute Gasteiger partial charge is 0.308 e. The molecular weight excluding hydrogens is 198 g/mol. The molecule has 0 amide bonds. The van der Waals surface area contributed by atoms with Gasteiger partial charge < -0.3 is 5.32 Å². The van der Waals surface area contributed by atoms with Crippen molar-refractivity contribution in [2.45, 2.75) is 49.3 Å². The van der Waals surface area contributed by atoms with Gasteiger partial charge >= 0.3 is 0 Å². The summed E-state index contributed by atoms with van der Waals surface area (Å²) in [4.78, 5) is 0. The van der Waals surface area contributed by atoms with Gasteiger partial charge in [-0.25, -0.2) is 0 Å². The molecule has 1 nitrogen and oxygen atoms in total. The zero-order valence-electron chi connectivity index (χ0n) is 8.67. The Morgan fingerprint density at radius 2 is 2.08 bits per heavy atom. The van der Waals surface area contributed by atoms with E-state index in [4.69, 9.17) is 0 Å². The van der Waals surface area contributed by atoms with Gasteiger partial charge in [0, 0.05) is 33.6 Å². The summed E-state index contributed by atoms with van der Waals surface area (Å²) < 4.78 is 0.483. The molecule has 0 aliphatic carbocycles. The zero-order chi connectivity index (χ0) is 9.47. The highest BCUT2D eigenvalue weighted by Gasteiger charge is 2.40. The van der Waals surface area contributed by atoms with E-state index in [0.717, 1.165) is 17.3 Å². The Kier molecular flexibility index (Phi) is 2.87. The molecule has 0 radical (unpaired) electrons. The van der Waals surface area contributed by atoms with Crippen molar-refractivity contribution in [3.8, 4) is 0 Å². The predicted molar refractivity (Wildman–Crippen MR) is 63.8 cm³/mol. The summed E-state index contributed by atoms with van der Waals surface area (Å²) >= 11 is 4.20. The Hall–Kier alpha value is 0.660. The fourth-order valence-corrected chi connectivity index (χ4v) is 4.29. The first-order chi connectivity index (χ1) is 6.08. The highest BCUT2D eigenvalue weighted by molar-refractivity contribution is 8.02. The third-order valence-electron chi connectivity index (χ3n) is 3.10. The van der Waals surface area contributed by atoms with Gasteiger partial charge in [-0.3, -0.25) is 0 Å². The Labute approximate surface area is 89.8 Å². The maximum absolute atomic E-state index is 3.79. The minimum absolute atomic E-state index is 0.483. The van der Waals surface area contributed by atoms with E-state index in [-0.39, 0.29) is 0 Å². The van der Waals surface area contributed by atoms with Crippen LogP contribution < -0.4 is 5.32 Å². The van der Waals surface area contributed by atoms with E-state index in [2.05, 4.69) is 49.6 Å². The summed E-state index contributed by atoms with van der Waals surface area (Å²) in [5.41, 5.74) is 0. The van der Waals surface area contributed by atoms with Crippen LogP contribution in [0.3, 0.4) is 0 Å². The summed E-state index contributed by atoms with van der Waals surface area (Å²) in [5.74, 6) is 2.63. The van der Waals surface area contributed by atoms with E-state index >= 15 is 0 Å². The smallest absolute Gasteiger partial charge is 0.0303 e. The standard InChI is InChI=1S/C10H19NS2/c1-7-4-8(5-12-7)11-9-6-13-10(9,2)3/h7-9,11H,4-6H2,1-3H3. The van der Waals surface area contributed by atoms with Gasteiger partial charge in [0.2, 0.25) is 0 Å². The maximum Gasteiger partial charge on any atom is 0.0303 e. The molecule has 3 atom stereocenters. The molecule has 13 heavy (non-hydrogen) atoms. The third kappa shape index (κ3) is 2.18. The van der Waals surface area contributed by atoms with E-state index in [1.165, 1.54) is 17.9 Å². The summed E-state index contributed by atoms with van der Waals surface area (Å²) in [6.45, 7) is 7.04. The highest BCUT2D eigenvalue weighted by atomic mass is 32.2. The minimum Gasteiger partial charge on any atom is -0.308 e. The Morgan fingerprint density at radius 1 is 1.31 bits per heavy atom. The molecule has 3 unspecified atom stereocenters. The fourth-order valence-electron chi connectivity index (χ4n) is 1.97. The van der Waals surface area contributed by atoms with Crippen molar-refractivity contribution < 1.29 is 0 Å². The second-order valence-electron chi connectivity index (χ2n) is 4.71. The molecule has 0 saturated carbocycles. The lowest BCUT2D eigenvalue weighted by atomic mass is 10.0. The van der Waals surface area contributed by atoms with Crippen molar-refractivity contribution in [2.75, 3.05) is 11.5 Å². The van der Waals surface area contributed by atoms with Crippen LogP contribution in [0.4, 0.5) is 0 Å². The summed E-state index contributed by atoms with van der Waals surface area (Å²) in [5, 5.41) is 4.66. The van der Waals surface area contributed by atoms with Crippen molar-refractivity contribution in [3.05, 3.63) is 0 Å². The fraction of sp³-hybridized carbons (Fsp3) is 1.00. The SMILES string of the molecule is CC1CC(NC2CSC2(C)C)CS1. The van der Waals surface area contributed by atoms with Crippen molar-refractivity contribution in [2.24, 2.45) is 0 Å². The first kappa shape index (κ1) is 10.2. The topological polar surface area (TPSA) is 12.0 Å². The van der Waals surface area contributed by atoms with Crippen LogP contribution in [-0.4, -0.2) is 33.6 Å². The van der Waals surface area contributed by atoms with Gasteiger partial charge in [0.25, 0.3) is 0 Å². The average molecular weight is 217 g/mol. The first-order valence-electron chi connectivity index (χ1n) is 5.09. The van der Waals surface area contributed by atoms with Crippen LogP contribution in [-0.2, 0) is 0 Å². The number of hydrogen-bond donors (Lipinski definition) is 1. The molecule has 2 rings (SSSR count). The molecule has 2 heterocycles. The monoisotopic (exact) mass is 217 g/mol. The molecule has 2 saturated heterocycles. The molecule has 2 fully saturated rings. The van der Waals surface area contributed by atoms with Gasteiger partial charge in [-0.1, -0.05) is 6.92 Å². The average Bonchev–Trinajstić information content (AvgIpc) is 2.46. The molecule has 0 aromatic carbocycles. The van der Waals surface area contributed by atoms with Crippen molar-refractivity contribution in [3.63, 3.8) is 0 Å². The predicted octanol–water partition coefficient (Wildman–Crippen LogP) is 2.36. The lowest BCUT2D eigenvalue weighted by Gasteiger charge is -2.45. The molecule has 2 aliphatic rings. The van der Waals surface area contributed by atoms with Crippen molar-refractivity contribution in [1.29, 1.82) is 0 Å². The van der Waals surface area contributed by atoms with Crippen LogP contribution in [0.1, 0.15) is 27.2 Å². The van der Waals surface area contributed by atoms with Crippen LogP contribution in [0.25, 0.3) is 0 Å². The van der Waals surface area contributed by atoms with Crippen LogP contribution in [0.15, 0.2) is 0 Å². The maximum atomic E-state index is 3.79. The van der Waals surface area contributed by atoms with E-state index in [0.29, 0.717) is 4.75 Å². The highest BCUT2D eigenvalue weighted by Crippen LogP contribution is 2.41. The van der Waals surface area contributed by atoms with Gasteiger partial charge in [-0.2, -0.15) is 23.5 Å². The zero-order valence-corrected chi connectivity index (χ0v) is 10.3. The van der Waals surface area contributed by atoms with Gasteiger partial charge in [0.05, 0.1) is 0 Å². The lowest BCUT2D eigenvalue weighted by Crippen LogP contribution is -2.57. The first-order valence-corrected chi connectivity index (χ1v) is 7.13. The van der Waals surface area contributed by atoms with Gasteiger partial charge in [-0.15, -0.1) is 0 Å². The van der Waals surface area contributed by atoms with E-state index in [1.807, 2.05) is 0 Å². The van der Waals surface area contributed by atoms with Gasteiger partial charge in [0.1, 0.15) is 0 Å². The lowest BCUT2D eigenvalue weighted by molar-refractivity contribution is 0.389. The quantitative estimate of drug-likeness (QED) is 0.762. The van der Waals surface area contributed by atoms with Crippen LogP contribution >= 0.6 is 23.5 Å². The Balaban J connectivity index is 1.79. The second-order valence-corrected chi connectivity index (χ2v) is 7.86. The molecule has 1 N–H and O–H groups in total. The summed E-state index contributed by atoms with van der Waals surface area (Å²) in [6.07, 6.45) is 1.36. The third-order valence-corrected chi connectivity index (χ3v) is 5.98. The molecule has 2 aliphatic heterocycles. The molecule has 0 aromatic heterocycles. The number of nitrogens with one attached hydrogen (secondary N) is 1. The number of thioether (sulfide) groups is 2. The Morgan fingerprint density at radius 3 is 2.46 bits per heavy atom. The molecule has 0 aromatic rings. The Bertz CT molecular complexity index is 193. The van der Waals surface area contributed by atoms with Gasteiger partial charge in [-0.05, 0) is 20.3 Å². The van der Waals surface area contributed by atoms with Gasteiger partial charge in [0.15, 0.2) is 0 Å². The van der Waals surface area contributed by atoms with Crippen LogP contribution in [0, 0.1) is 0 Å². The van der Waals surface area contributed by atoms with Crippen molar-refractivity contribution in [1.82, 2.24) is 5.32 Å². The van der Waals surface area contributed by atoms with Crippen LogP contribution in [0.5, 0.6) is 0 Å². The number of rotatable bonds is 2. The van der Waals surface area contributed by atoms with Crippen LogP contribution in [0.2, 0.25) is 0 Å². The number of hydrogen-bond acceptors (Lipinski definition) is 3. The summed E-state index contributed by atoms with van der Waals surface area (Å²) in [7, 11) is 0. The normalized spacial score (nSPS) is 43.2. The summed E-state index contributed by atoms with van der Waals surface area (Å²) in [6, 6.07) is 1.54. The minimum atomic E-state index is 0.483. The molecular formula is C10H19NS2. The molecule has 3 heteroatoms. The van der Waals surface area contributed by atoms with E-state index in [9.17, 15) is 0 Å².